The standard InChI is InChI=1S/C16H23N5O/c1-2-8-17-16(22)20-12-6-9-21(10-7-12)15-13-4-3-5-14(13)18-11-19-15/h3-4,11-12H,2,5-10H2,1H3,(H2,17,20,22). The van der Waals surface area contributed by atoms with Gasteiger partial charge in [-0.05, 0) is 19.3 Å². The van der Waals surface area contributed by atoms with Gasteiger partial charge in [0, 0.05) is 37.7 Å². The van der Waals surface area contributed by atoms with E-state index in [2.05, 4.69) is 37.7 Å². The minimum Gasteiger partial charge on any atom is -0.356 e. The van der Waals surface area contributed by atoms with E-state index in [1.807, 2.05) is 6.92 Å². The lowest BCUT2D eigenvalue weighted by atomic mass is 10.0. The van der Waals surface area contributed by atoms with E-state index in [1.165, 1.54) is 0 Å². The molecular formula is C16H23N5O. The van der Waals surface area contributed by atoms with E-state index in [-0.39, 0.29) is 12.1 Å². The molecule has 0 saturated carbocycles. The molecule has 0 radical (unpaired) electrons. The fourth-order valence-electron chi connectivity index (χ4n) is 3.01. The van der Waals surface area contributed by atoms with Crippen LogP contribution < -0.4 is 15.5 Å². The number of rotatable bonds is 4. The van der Waals surface area contributed by atoms with E-state index in [9.17, 15) is 4.79 Å². The van der Waals surface area contributed by atoms with Crippen LogP contribution in [-0.2, 0) is 6.42 Å². The third kappa shape index (κ3) is 3.21. The third-order valence-electron chi connectivity index (χ3n) is 4.21. The molecule has 2 heterocycles. The van der Waals surface area contributed by atoms with Gasteiger partial charge >= 0.3 is 6.03 Å². The van der Waals surface area contributed by atoms with Gasteiger partial charge in [-0.3, -0.25) is 0 Å². The molecule has 0 bridgehead atoms. The van der Waals surface area contributed by atoms with Crippen molar-refractivity contribution in [2.45, 2.75) is 38.6 Å². The topological polar surface area (TPSA) is 70.2 Å². The summed E-state index contributed by atoms with van der Waals surface area (Å²) in [6.45, 7) is 4.60. The van der Waals surface area contributed by atoms with Gasteiger partial charge in [0.05, 0.1) is 5.69 Å². The molecule has 2 amide bonds. The summed E-state index contributed by atoms with van der Waals surface area (Å²) in [6.07, 6.45) is 9.66. The molecule has 1 aliphatic heterocycles. The molecule has 2 aliphatic rings. The van der Waals surface area contributed by atoms with Crippen LogP contribution in [0.1, 0.15) is 37.4 Å². The average Bonchev–Trinajstić information content (AvgIpc) is 3.02. The van der Waals surface area contributed by atoms with Gasteiger partial charge in [-0.25, -0.2) is 14.8 Å². The first-order valence-corrected chi connectivity index (χ1v) is 8.07. The van der Waals surface area contributed by atoms with Crippen LogP contribution in [0.3, 0.4) is 0 Å². The van der Waals surface area contributed by atoms with Crippen molar-refractivity contribution in [1.29, 1.82) is 0 Å². The Labute approximate surface area is 131 Å². The summed E-state index contributed by atoms with van der Waals surface area (Å²) in [5.41, 5.74) is 2.28. The largest absolute Gasteiger partial charge is 0.356 e. The second kappa shape index (κ2) is 6.77. The van der Waals surface area contributed by atoms with Crippen LogP contribution in [0.2, 0.25) is 0 Å². The SMILES string of the molecule is CCCNC(=O)NC1CCN(c2ncnc3c2C=CC3)CC1. The fraction of sp³-hybridized carbons (Fsp3) is 0.562. The van der Waals surface area contributed by atoms with Gasteiger partial charge in [-0.1, -0.05) is 19.1 Å². The Balaban J connectivity index is 1.55. The Morgan fingerprint density at radius 3 is 2.95 bits per heavy atom. The summed E-state index contributed by atoms with van der Waals surface area (Å²) in [5.74, 6) is 1.03. The molecule has 0 unspecified atom stereocenters. The van der Waals surface area contributed by atoms with E-state index < -0.39 is 0 Å². The zero-order valence-corrected chi connectivity index (χ0v) is 13.0. The number of piperidine rings is 1. The maximum atomic E-state index is 11.7. The van der Waals surface area contributed by atoms with Gasteiger partial charge in [-0.2, -0.15) is 0 Å². The Morgan fingerprint density at radius 2 is 2.18 bits per heavy atom. The number of amides is 2. The number of nitrogens with one attached hydrogen (secondary N) is 2. The lowest BCUT2D eigenvalue weighted by molar-refractivity contribution is 0.234. The van der Waals surface area contributed by atoms with Crippen LogP contribution in [0, 0.1) is 0 Å². The number of anilines is 1. The van der Waals surface area contributed by atoms with Crippen LogP contribution >= 0.6 is 0 Å². The number of carbonyl (C=O) groups is 1. The van der Waals surface area contributed by atoms with E-state index in [0.717, 1.165) is 62.4 Å². The van der Waals surface area contributed by atoms with Crippen molar-refractivity contribution in [2.75, 3.05) is 24.5 Å². The van der Waals surface area contributed by atoms with Crippen molar-refractivity contribution in [2.24, 2.45) is 0 Å². The fourth-order valence-corrected chi connectivity index (χ4v) is 3.01. The Hall–Kier alpha value is -2.11. The highest BCUT2D eigenvalue weighted by Crippen LogP contribution is 2.28. The van der Waals surface area contributed by atoms with Gasteiger partial charge in [0.25, 0.3) is 0 Å². The maximum Gasteiger partial charge on any atom is 0.315 e. The van der Waals surface area contributed by atoms with E-state index >= 15 is 0 Å². The smallest absolute Gasteiger partial charge is 0.315 e. The van der Waals surface area contributed by atoms with Crippen molar-refractivity contribution in [3.05, 3.63) is 23.7 Å². The maximum absolute atomic E-state index is 11.7. The number of nitrogens with zero attached hydrogens (tertiary/aromatic N) is 3. The molecule has 3 rings (SSSR count). The first kappa shape index (κ1) is 14.8. The second-order valence-corrected chi connectivity index (χ2v) is 5.83. The number of urea groups is 1. The molecule has 1 aliphatic carbocycles. The number of fused-ring (bicyclic) bond motifs is 1. The molecule has 6 heteroatoms. The molecule has 1 aromatic rings. The monoisotopic (exact) mass is 301 g/mol. The zero-order chi connectivity index (χ0) is 15.4. The molecule has 0 atom stereocenters. The highest BCUT2D eigenvalue weighted by Gasteiger charge is 2.24. The molecule has 1 fully saturated rings. The van der Waals surface area contributed by atoms with Crippen molar-refractivity contribution in [3.63, 3.8) is 0 Å². The minimum absolute atomic E-state index is 0.0499. The lowest BCUT2D eigenvalue weighted by Crippen LogP contribution is -2.48. The number of hydrogen-bond acceptors (Lipinski definition) is 4. The van der Waals surface area contributed by atoms with Crippen LogP contribution in [0.5, 0.6) is 0 Å². The third-order valence-corrected chi connectivity index (χ3v) is 4.21. The highest BCUT2D eigenvalue weighted by molar-refractivity contribution is 5.74. The van der Waals surface area contributed by atoms with Crippen LogP contribution in [0.4, 0.5) is 10.6 Å². The minimum atomic E-state index is -0.0499. The van der Waals surface area contributed by atoms with E-state index in [0.29, 0.717) is 0 Å². The molecule has 118 valence electrons. The number of allylic oxidation sites excluding steroid dienone is 1. The first-order chi connectivity index (χ1) is 10.8. The number of aromatic nitrogens is 2. The van der Waals surface area contributed by atoms with Crippen molar-refractivity contribution >= 4 is 17.9 Å². The molecule has 22 heavy (non-hydrogen) atoms. The normalized spacial score (nSPS) is 17.4. The van der Waals surface area contributed by atoms with Crippen molar-refractivity contribution in [1.82, 2.24) is 20.6 Å². The van der Waals surface area contributed by atoms with Crippen molar-refractivity contribution < 1.29 is 4.79 Å². The van der Waals surface area contributed by atoms with Crippen LogP contribution in [0.15, 0.2) is 12.4 Å². The van der Waals surface area contributed by atoms with Gasteiger partial charge in [0.1, 0.15) is 12.1 Å². The summed E-state index contributed by atoms with van der Waals surface area (Å²) in [5, 5.41) is 5.92. The second-order valence-electron chi connectivity index (χ2n) is 5.83. The molecule has 6 nitrogen and oxygen atoms in total. The number of carbonyl (C=O) groups excluding carboxylic acids is 1. The molecule has 0 spiro atoms. The molecular weight excluding hydrogens is 278 g/mol. The zero-order valence-electron chi connectivity index (χ0n) is 13.0. The summed E-state index contributed by atoms with van der Waals surface area (Å²) < 4.78 is 0. The highest BCUT2D eigenvalue weighted by atomic mass is 16.2. The van der Waals surface area contributed by atoms with Gasteiger partial charge in [0.15, 0.2) is 0 Å². The molecule has 2 N–H and O–H groups in total. The summed E-state index contributed by atoms with van der Waals surface area (Å²) in [7, 11) is 0. The van der Waals surface area contributed by atoms with Crippen molar-refractivity contribution in [3.8, 4) is 0 Å². The molecule has 0 aromatic carbocycles. The predicted octanol–water partition coefficient (Wildman–Crippen LogP) is 1.72. The first-order valence-electron chi connectivity index (χ1n) is 8.07. The van der Waals surface area contributed by atoms with E-state index in [1.54, 1.807) is 6.33 Å². The molecule has 1 saturated heterocycles. The Kier molecular flexibility index (Phi) is 4.56. The predicted molar refractivity (Wildman–Crippen MR) is 86.8 cm³/mol. The summed E-state index contributed by atoms with van der Waals surface area (Å²) >= 11 is 0. The van der Waals surface area contributed by atoms with Gasteiger partial charge < -0.3 is 15.5 Å². The average molecular weight is 301 g/mol. The van der Waals surface area contributed by atoms with Crippen LogP contribution in [-0.4, -0.2) is 41.7 Å². The number of hydrogen-bond donors (Lipinski definition) is 2. The van der Waals surface area contributed by atoms with Gasteiger partial charge in [0.2, 0.25) is 0 Å². The quantitative estimate of drug-likeness (QED) is 0.888. The van der Waals surface area contributed by atoms with E-state index in [4.69, 9.17) is 0 Å². The summed E-state index contributed by atoms with van der Waals surface area (Å²) in [4.78, 5) is 22.8. The molecule has 1 aromatic heterocycles. The van der Waals surface area contributed by atoms with Crippen LogP contribution in [0.25, 0.3) is 6.08 Å². The Bertz CT molecular complexity index is 564. The Morgan fingerprint density at radius 1 is 1.36 bits per heavy atom. The lowest BCUT2D eigenvalue weighted by Gasteiger charge is -2.33. The van der Waals surface area contributed by atoms with Gasteiger partial charge in [-0.15, -0.1) is 0 Å². The summed E-state index contributed by atoms with van der Waals surface area (Å²) in [6, 6.07) is 0.199.